The number of benzene rings is 2. The van der Waals surface area contributed by atoms with Crippen LogP contribution in [0.3, 0.4) is 0 Å². The molecule has 2 aromatic carbocycles. The monoisotopic (exact) mass is 421 g/mol. The van der Waals surface area contributed by atoms with Gasteiger partial charge in [-0.1, -0.05) is 29.4 Å². The number of aryl methyl sites for hydroxylation is 1. The van der Waals surface area contributed by atoms with E-state index in [4.69, 9.17) is 14.0 Å². The molecule has 31 heavy (non-hydrogen) atoms. The SMILES string of the molecule is CCOc1cc(/C=C(/C#N)C(=O)Nc2cc(C)on2)ccc1OCc1ccccc1F. The van der Waals surface area contributed by atoms with Crippen LogP contribution in [0.5, 0.6) is 11.5 Å². The highest BCUT2D eigenvalue weighted by Gasteiger charge is 2.13. The van der Waals surface area contributed by atoms with Crippen molar-refractivity contribution >= 4 is 17.8 Å². The van der Waals surface area contributed by atoms with Crippen LogP contribution in [0.15, 0.2) is 58.6 Å². The second-order valence-corrected chi connectivity index (χ2v) is 6.47. The Labute approximate surface area is 178 Å². The molecular weight excluding hydrogens is 401 g/mol. The Morgan fingerprint density at radius 2 is 2.03 bits per heavy atom. The molecule has 1 aromatic heterocycles. The van der Waals surface area contributed by atoms with Crippen molar-refractivity contribution in [1.82, 2.24) is 5.16 Å². The smallest absolute Gasteiger partial charge is 0.267 e. The second kappa shape index (κ2) is 10.1. The zero-order chi connectivity index (χ0) is 22.2. The number of carbonyl (C=O) groups excluding carboxylic acids is 1. The van der Waals surface area contributed by atoms with Crippen molar-refractivity contribution in [2.45, 2.75) is 20.5 Å². The van der Waals surface area contributed by atoms with Crippen LogP contribution in [0.2, 0.25) is 0 Å². The van der Waals surface area contributed by atoms with Crippen LogP contribution < -0.4 is 14.8 Å². The number of hydrogen-bond acceptors (Lipinski definition) is 6. The van der Waals surface area contributed by atoms with E-state index < -0.39 is 5.91 Å². The van der Waals surface area contributed by atoms with Gasteiger partial charge in [-0.2, -0.15) is 5.26 Å². The zero-order valence-electron chi connectivity index (χ0n) is 17.0. The quantitative estimate of drug-likeness (QED) is 0.420. The Morgan fingerprint density at radius 1 is 1.23 bits per heavy atom. The zero-order valence-corrected chi connectivity index (χ0v) is 17.0. The van der Waals surface area contributed by atoms with Crippen LogP contribution in [0.1, 0.15) is 23.8 Å². The lowest BCUT2D eigenvalue weighted by atomic mass is 10.1. The molecule has 3 aromatic rings. The Balaban J connectivity index is 1.79. The third-order valence-corrected chi connectivity index (χ3v) is 4.15. The van der Waals surface area contributed by atoms with Gasteiger partial charge < -0.3 is 19.3 Å². The Hall–Kier alpha value is -4.12. The molecule has 158 valence electrons. The number of aromatic nitrogens is 1. The Bertz CT molecular complexity index is 1150. The largest absolute Gasteiger partial charge is 0.490 e. The topological polar surface area (TPSA) is 97.4 Å². The van der Waals surface area contributed by atoms with E-state index in [9.17, 15) is 14.4 Å². The highest BCUT2D eigenvalue weighted by atomic mass is 19.1. The highest BCUT2D eigenvalue weighted by molar-refractivity contribution is 6.09. The van der Waals surface area contributed by atoms with E-state index in [1.165, 1.54) is 12.1 Å². The lowest BCUT2D eigenvalue weighted by Gasteiger charge is -2.13. The van der Waals surface area contributed by atoms with Gasteiger partial charge in [-0.25, -0.2) is 4.39 Å². The number of rotatable bonds is 8. The molecule has 8 heteroatoms. The average molecular weight is 421 g/mol. The first-order chi connectivity index (χ1) is 15.0. The number of hydrogen-bond donors (Lipinski definition) is 1. The number of nitrogens with zero attached hydrogens (tertiary/aromatic N) is 2. The van der Waals surface area contributed by atoms with Gasteiger partial charge in [0.05, 0.1) is 6.61 Å². The first-order valence-electron chi connectivity index (χ1n) is 9.49. The van der Waals surface area contributed by atoms with E-state index in [0.717, 1.165) is 0 Å². The number of carbonyl (C=O) groups is 1. The van der Waals surface area contributed by atoms with Gasteiger partial charge in [0.25, 0.3) is 5.91 Å². The van der Waals surface area contributed by atoms with Gasteiger partial charge in [0.15, 0.2) is 17.3 Å². The van der Waals surface area contributed by atoms with E-state index >= 15 is 0 Å². The number of ether oxygens (including phenoxy) is 2. The minimum atomic E-state index is -0.617. The minimum Gasteiger partial charge on any atom is -0.490 e. The molecular formula is C23H20FN3O4. The fraction of sp³-hybridized carbons (Fsp3) is 0.174. The molecule has 1 amide bonds. The maximum absolute atomic E-state index is 13.8. The molecule has 0 unspecified atom stereocenters. The first kappa shape index (κ1) is 21.6. The van der Waals surface area contributed by atoms with Gasteiger partial charge in [-0.05, 0) is 43.7 Å². The molecule has 0 saturated heterocycles. The second-order valence-electron chi connectivity index (χ2n) is 6.47. The summed E-state index contributed by atoms with van der Waals surface area (Å²) in [4.78, 5) is 12.4. The average Bonchev–Trinajstić information content (AvgIpc) is 3.17. The van der Waals surface area contributed by atoms with E-state index in [1.807, 2.05) is 13.0 Å². The first-order valence-corrected chi connectivity index (χ1v) is 9.49. The highest BCUT2D eigenvalue weighted by Crippen LogP contribution is 2.30. The number of amides is 1. The summed E-state index contributed by atoms with van der Waals surface area (Å²) in [7, 11) is 0. The summed E-state index contributed by atoms with van der Waals surface area (Å²) in [5, 5.41) is 15.6. The lowest BCUT2D eigenvalue weighted by molar-refractivity contribution is -0.112. The summed E-state index contributed by atoms with van der Waals surface area (Å²) < 4.78 is 30.1. The van der Waals surface area contributed by atoms with E-state index in [2.05, 4.69) is 10.5 Å². The molecule has 0 radical (unpaired) electrons. The standard InChI is InChI=1S/C23H20FN3O4/c1-3-29-21-12-16(8-9-20(21)30-14-17-6-4-5-7-19(17)24)11-18(13-25)23(28)26-22-10-15(2)31-27-22/h4-12H,3,14H2,1-2H3,(H,26,27,28)/b18-11-. The predicted octanol–water partition coefficient (Wildman–Crippen LogP) is 4.65. The van der Waals surface area contributed by atoms with Crippen LogP contribution in [-0.4, -0.2) is 17.7 Å². The normalized spacial score (nSPS) is 11.0. The van der Waals surface area contributed by atoms with Gasteiger partial charge in [-0.3, -0.25) is 4.79 Å². The molecule has 0 bridgehead atoms. The van der Waals surface area contributed by atoms with Gasteiger partial charge >= 0.3 is 0 Å². The van der Waals surface area contributed by atoms with Crippen LogP contribution in [0.25, 0.3) is 6.08 Å². The van der Waals surface area contributed by atoms with Crippen LogP contribution in [0, 0.1) is 24.1 Å². The van der Waals surface area contributed by atoms with Gasteiger partial charge in [0.2, 0.25) is 0 Å². The summed E-state index contributed by atoms with van der Waals surface area (Å²) in [6, 6.07) is 14.7. The number of anilines is 1. The molecule has 0 atom stereocenters. The van der Waals surface area contributed by atoms with Crippen molar-refractivity contribution in [3.8, 4) is 17.6 Å². The number of halogens is 1. The van der Waals surface area contributed by atoms with Crippen molar-refractivity contribution in [1.29, 1.82) is 5.26 Å². The molecule has 3 rings (SSSR count). The number of nitriles is 1. The third-order valence-electron chi connectivity index (χ3n) is 4.15. The molecule has 0 saturated carbocycles. The van der Waals surface area contributed by atoms with Crippen molar-refractivity contribution in [3.05, 3.63) is 76.8 Å². The minimum absolute atomic E-state index is 0.0326. The summed E-state index contributed by atoms with van der Waals surface area (Å²) in [5.41, 5.74) is 0.855. The van der Waals surface area contributed by atoms with Crippen molar-refractivity contribution in [3.63, 3.8) is 0 Å². The lowest BCUT2D eigenvalue weighted by Crippen LogP contribution is -2.13. The predicted molar refractivity (Wildman–Crippen MR) is 112 cm³/mol. The van der Waals surface area contributed by atoms with E-state index in [0.29, 0.717) is 35.0 Å². The molecule has 0 aliphatic rings. The number of nitrogens with one attached hydrogen (secondary N) is 1. The molecule has 0 aliphatic carbocycles. The van der Waals surface area contributed by atoms with Gasteiger partial charge in [-0.15, -0.1) is 0 Å². The van der Waals surface area contributed by atoms with E-state index in [-0.39, 0.29) is 23.8 Å². The Kier molecular flexibility index (Phi) is 7.01. The van der Waals surface area contributed by atoms with Crippen LogP contribution in [0.4, 0.5) is 10.2 Å². The summed E-state index contributed by atoms with van der Waals surface area (Å²) in [5.74, 6) is 0.613. The molecule has 7 nitrogen and oxygen atoms in total. The van der Waals surface area contributed by atoms with E-state index in [1.54, 1.807) is 49.4 Å². The Morgan fingerprint density at radius 3 is 2.71 bits per heavy atom. The van der Waals surface area contributed by atoms with Gasteiger partial charge in [0.1, 0.15) is 29.8 Å². The summed E-state index contributed by atoms with van der Waals surface area (Å²) >= 11 is 0. The molecule has 1 heterocycles. The molecule has 0 fully saturated rings. The van der Waals surface area contributed by atoms with Crippen molar-refractivity contribution in [2.75, 3.05) is 11.9 Å². The molecule has 0 spiro atoms. The summed E-state index contributed by atoms with van der Waals surface area (Å²) in [6.45, 7) is 3.91. The van der Waals surface area contributed by atoms with Crippen LogP contribution >= 0.6 is 0 Å². The maximum Gasteiger partial charge on any atom is 0.267 e. The van der Waals surface area contributed by atoms with Crippen molar-refractivity contribution in [2.24, 2.45) is 0 Å². The van der Waals surface area contributed by atoms with Crippen molar-refractivity contribution < 1.29 is 23.2 Å². The van der Waals surface area contributed by atoms with Gasteiger partial charge in [0, 0.05) is 11.6 Å². The summed E-state index contributed by atoms with van der Waals surface area (Å²) in [6.07, 6.45) is 1.42. The fourth-order valence-electron chi connectivity index (χ4n) is 2.70. The maximum atomic E-state index is 13.8. The van der Waals surface area contributed by atoms with Crippen LogP contribution in [-0.2, 0) is 11.4 Å². The molecule has 1 N–H and O–H groups in total. The third kappa shape index (κ3) is 5.70. The molecule has 0 aliphatic heterocycles. The fourth-order valence-corrected chi connectivity index (χ4v) is 2.70.